The van der Waals surface area contributed by atoms with Crippen molar-refractivity contribution >= 4 is 23.5 Å². The first-order valence-electron chi connectivity index (χ1n) is 12.0. The third-order valence-electron chi connectivity index (χ3n) is 6.41. The summed E-state index contributed by atoms with van der Waals surface area (Å²) in [4.78, 5) is 21.6. The number of methoxy groups -OCH3 is 1. The Bertz CT molecular complexity index is 1110. The summed E-state index contributed by atoms with van der Waals surface area (Å²) < 4.78 is 13.3. The second-order valence-corrected chi connectivity index (χ2v) is 9.57. The van der Waals surface area contributed by atoms with Crippen molar-refractivity contribution in [3.63, 3.8) is 0 Å². The minimum Gasteiger partial charge on any atom is -0.497 e. The van der Waals surface area contributed by atoms with E-state index in [0.717, 1.165) is 60.6 Å². The van der Waals surface area contributed by atoms with Gasteiger partial charge in [0.05, 0.1) is 25.5 Å². The lowest BCUT2D eigenvalue weighted by molar-refractivity contribution is -0.128. The van der Waals surface area contributed by atoms with Crippen LogP contribution in [-0.4, -0.2) is 82.3 Å². The Labute approximate surface area is 209 Å². The summed E-state index contributed by atoms with van der Waals surface area (Å²) in [6.07, 6.45) is 4.02. The van der Waals surface area contributed by atoms with Gasteiger partial charge < -0.3 is 19.3 Å². The van der Waals surface area contributed by atoms with Crippen LogP contribution in [0.15, 0.2) is 53.8 Å². The summed E-state index contributed by atoms with van der Waals surface area (Å²) >= 11 is 1.44. The highest BCUT2D eigenvalue weighted by Crippen LogP contribution is 2.28. The highest BCUT2D eigenvalue weighted by molar-refractivity contribution is 7.99. The van der Waals surface area contributed by atoms with Gasteiger partial charge in [-0.1, -0.05) is 17.8 Å². The van der Waals surface area contributed by atoms with E-state index in [9.17, 15) is 4.79 Å². The Balaban J connectivity index is 1.24. The van der Waals surface area contributed by atoms with Gasteiger partial charge in [0.2, 0.25) is 5.91 Å². The third kappa shape index (κ3) is 5.59. The van der Waals surface area contributed by atoms with Gasteiger partial charge in [0.25, 0.3) is 0 Å². The standard InChI is InChI=1S/C25H30N6O3S/c1-33-20-9-7-19(8-10-20)24-27-28-25(31(24)17-21-5-4-16-34-21)35-18-23(32)30-14-12-29(13-15-30)22-6-2-3-11-26-22/h2-3,6-11,21H,4-5,12-18H2,1H3/t21-/m1/s1. The lowest BCUT2D eigenvalue weighted by Crippen LogP contribution is -2.49. The maximum Gasteiger partial charge on any atom is 0.233 e. The molecule has 0 radical (unpaired) electrons. The van der Waals surface area contributed by atoms with E-state index in [1.807, 2.05) is 47.4 Å². The highest BCUT2D eigenvalue weighted by Gasteiger charge is 2.25. The molecule has 0 aliphatic carbocycles. The van der Waals surface area contributed by atoms with Crippen molar-refractivity contribution < 1.29 is 14.3 Å². The first kappa shape index (κ1) is 23.6. The average molecular weight is 495 g/mol. The summed E-state index contributed by atoms with van der Waals surface area (Å²) in [6.45, 7) is 4.41. The predicted octanol–water partition coefficient (Wildman–Crippen LogP) is 2.97. The number of ether oxygens (including phenoxy) is 2. The molecule has 0 bridgehead atoms. The number of benzene rings is 1. The molecule has 0 unspecified atom stereocenters. The Morgan fingerprint density at radius 1 is 1.11 bits per heavy atom. The number of nitrogens with zero attached hydrogens (tertiary/aromatic N) is 6. The molecule has 5 rings (SSSR count). The number of pyridine rings is 1. The number of aromatic nitrogens is 4. The summed E-state index contributed by atoms with van der Waals surface area (Å²) in [6, 6.07) is 13.7. The van der Waals surface area contributed by atoms with Crippen LogP contribution in [0.25, 0.3) is 11.4 Å². The first-order chi connectivity index (χ1) is 17.2. The van der Waals surface area contributed by atoms with Crippen molar-refractivity contribution in [2.75, 3.05) is 50.5 Å². The Morgan fingerprint density at radius 2 is 1.94 bits per heavy atom. The largest absolute Gasteiger partial charge is 0.497 e. The fraction of sp³-hybridized carbons (Fsp3) is 0.440. The quantitative estimate of drug-likeness (QED) is 0.442. The highest BCUT2D eigenvalue weighted by atomic mass is 32.2. The van der Waals surface area contributed by atoms with Crippen LogP contribution >= 0.6 is 11.8 Å². The molecule has 2 fully saturated rings. The van der Waals surface area contributed by atoms with Gasteiger partial charge in [-0.05, 0) is 49.2 Å². The van der Waals surface area contributed by atoms with Crippen LogP contribution in [0.5, 0.6) is 5.75 Å². The fourth-order valence-electron chi connectivity index (χ4n) is 4.45. The number of hydrogen-bond donors (Lipinski definition) is 0. The van der Waals surface area contributed by atoms with Crippen molar-refractivity contribution in [2.45, 2.75) is 30.6 Å². The SMILES string of the molecule is COc1ccc(-c2nnc(SCC(=O)N3CCN(c4ccccn4)CC3)n2C[C@H]2CCCO2)cc1. The maximum atomic E-state index is 13.0. The number of carbonyl (C=O) groups excluding carboxylic acids is 1. The van der Waals surface area contributed by atoms with Gasteiger partial charge in [-0.3, -0.25) is 9.36 Å². The molecule has 3 aromatic rings. The van der Waals surface area contributed by atoms with E-state index in [4.69, 9.17) is 9.47 Å². The fourth-order valence-corrected chi connectivity index (χ4v) is 5.30. The molecule has 1 atom stereocenters. The molecule has 2 saturated heterocycles. The lowest BCUT2D eigenvalue weighted by Gasteiger charge is -2.35. The minimum atomic E-state index is 0.119. The van der Waals surface area contributed by atoms with Gasteiger partial charge in [0.1, 0.15) is 11.6 Å². The molecule has 0 saturated carbocycles. The Kier molecular flexibility index (Phi) is 7.48. The molecule has 2 aliphatic rings. The summed E-state index contributed by atoms with van der Waals surface area (Å²) in [5.41, 5.74) is 0.958. The van der Waals surface area contributed by atoms with Crippen molar-refractivity contribution in [1.29, 1.82) is 0 Å². The van der Waals surface area contributed by atoms with E-state index in [0.29, 0.717) is 25.4 Å². The number of amides is 1. The van der Waals surface area contributed by atoms with Crippen LogP contribution in [0.4, 0.5) is 5.82 Å². The second-order valence-electron chi connectivity index (χ2n) is 8.62. The van der Waals surface area contributed by atoms with Gasteiger partial charge >= 0.3 is 0 Å². The molecule has 2 aliphatic heterocycles. The third-order valence-corrected chi connectivity index (χ3v) is 7.36. The molecule has 184 valence electrons. The van der Waals surface area contributed by atoms with Gasteiger partial charge in [-0.25, -0.2) is 4.98 Å². The number of rotatable bonds is 8. The number of piperazine rings is 1. The molecule has 2 aromatic heterocycles. The smallest absolute Gasteiger partial charge is 0.233 e. The van der Waals surface area contributed by atoms with E-state index >= 15 is 0 Å². The zero-order chi connectivity index (χ0) is 24.0. The van der Waals surface area contributed by atoms with Crippen molar-refractivity contribution in [2.24, 2.45) is 0 Å². The molecule has 4 heterocycles. The van der Waals surface area contributed by atoms with E-state index < -0.39 is 0 Å². The zero-order valence-corrected chi connectivity index (χ0v) is 20.7. The summed E-state index contributed by atoms with van der Waals surface area (Å²) in [7, 11) is 1.65. The Morgan fingerprint density at radius 3 is 2.63 bits per heavy atom. The predicted molar refractivity (Wildman–Crippen MR) is 135 cm³/mol. The van der Waals surface area contributed by atoms with E-state index in [-0.39, 0.29) is 12.0 Å². The number of anilines is 1. The lowest BCUT2D eigenvalue weighted by atomic mass is 10.2. The van der Waals surface area contributed by atoms with E-state index in [2.05, 4.69) is 24.6 Å². The molecule has 0 spiro atoms. The zero-order valence-electron chi connectivity index (χ0n) is 19.9. The summed E-state index contributed by atoms with van der Waals surface area (Å²) in [5.74, 6) is 2.98. The van der Waals surface area contributed by atoms with Gasteiger partial charge in [0, 0.05) is 44.5 Å². The van der Waals surface area contributed by atoms with Crippen molar-refractivity contribution in [3.8, 4) is 17.1 Å². The second kappa shape index (κ2) is 11.1. The number of hydrogen-bond acceptors (Lipinski definition) is 8. The molecular weight excluding hydrogens is 464 g/mol. The van der Waals surface area contributed by atoms with Crippen LogP contribution in [0, 0.1) is 0 Å². The van der Waals surface area contributed by atoms with Crippen LogP contribution in [0.3, 0.4) is 0 Å². The van der Waals surface area contributed by atoms with E-state index in [1.165, 1.54) is 11.8 Å². The van der Waals surface area contributed by atoms with Gasteiger partial charge in [-0.2, -0.15) is 0 Å². The first-order valence-corrected chi connectivity index (χ1v) is 13.0. The van der Waals surface area contributed by atoms with Crippen molar-refractivity contribution in [1.82, 2.24) is 24.6 Å². The summed E-state index contributed by atoms with van der Waals surface area (Å²) in [5, 5.41) is 9.67. The molecule has 1 aromatic carbocycles. The average Bonchev–Trinajstić information content (AvgIpc) is 3.58. The Hall–Kier alpha value is -3.11. The van der Waals surface area contributed by atoms with Gasteiger partial charge in [0.15, 0.2) is 11.0 Å². The topological polar surface area (TPSA) is 85.6 Å². The molecule has 1 amide bonds. The van der Waals surface area contributed by atoms with Crippen LogP contribution in [0.1, 0.15) is 12.8 Å². The molecule has 0 N–H and O–H groups in total. The molecule has 10 heteroatoms. The van der Waals surface area contributed by atoms with Crippen molar-refractivity contribution in [3.05, 3.63) is 48.7 Å². The normalized spacial score (nSPS) is 18.1. The van der Waals surface area contributed by atoms with Crippen LogP contribution in [0.2, 0.25) is 0 Å². The monoisotopic (exact) mass is 494 g/mol. The van der Waals surface area contributed by atoms with Gasteiger partial charge in [-0.15, -0.1) is 10.2 Å². The van der Waals surface area contributed by atoms with Crippen LogP contribution in [-0.2, 0) is 16.1 Å². The molecule has 35 heavy (non-hydrogen) atoms. The maximum absolute atomic E-state index is 13.0. The van der Waals surface area contributed by atoms with E-state index in [1.54, 1.807) is 13.3 Å². The number of thioether (sulfide) groups is 1. The van der Waals surface area contributed by atoms with Crippen LogP contribution < -0.4 is 9.64 Å². The molecular formula is C25H30N6O3S. The molecule has 9 nitrogen and oxygen atoms in total. The number of carbonyl (C=O) groups is 1. The minimum absolute atomic E-state index is 0.119.